The third-order valence-corrected chi connectivity index (χ3v) is 2.37. The van der Waals surface area contributed by atoms with Gasteiger partial charge in [-0.2, -0.15) is 0 Å². The van der Waals surface area contributed by atoms with Crippen LogP contribution in [-0.4, -0.2) is 9.55 Å². The maximum absolute atomic E-state index is 5.17. The van der Waals surface area contributed by atoms with Crippen molar-refractivity contribution in [2.24, 2.45) is 0 Å². The zero-order chi connectivity index (χ0) is 9.14. The predicted octanol–water partition coefficient (Wildman–Crippen LogP) is 3.22. The average Bonchev–Trinajstić information content (AvgIpc) is 2.30. The maximum Gasteiger partial charge on any atom is 0.177 e. The Hall–Kier alpha value is -0.570. The minimum Gasteiger partial charge on any atom is -0.335 e. The molecule has 1 unspecified atom stereocenters. The van der Waals surface area contributed by atoms with E-state index in [1.54, 1.807) is 0 Å². The summed E-state index contributed by atoms with van der Waals surface area (Å²) in [7, 11) is 0. The Morgan fingerprint density at radius 3 is 2.75 bits per heavy atom. The Morgan fingerprint density at radius 2 is 2.33 bits per heavy atom. The van der Waals surface area contributed by atoms with Crippen LogP contribution in [0.4, 0.5) is 0 Å². The molecule has 0 bridgehead atoms. The summed E-state index contributed by atoms with van der Waals surface area (Å²) in [6, 6.07) is 0.521. The van der Waals surface area contributed by atoms with Crippen molar-refractivity contribution < 1.29 is 0 Å². The molecule has 3 heteroatoms. The van der Waals surface area contributed by atoms with Gasteiger partial charge in [0.15, 0.2) is 4.77 Å². The highest BCUT2D eigenvalue weighted by Gasteiger charge is 2.04. The third kappa shape index (κ3) is 1.97. The monoisotopic (exact) mass is 184 g/mol. The van der Waals surface area contributed by atoms with Gasteiger partial charge in [-0.3, -0.25) is 0 Å². The molecule has 1 rings (SSSR count). The number of aryl methyl sites for hydroxylation is 1. The molecule has 0 amide bonds. The first-order valence-electron chi connectivity index (χ1n) is 4.43. The van der Waals surface area contributed by atoms with Gasteiger partial charge in [0.05, 0.1) is 0 Å². The molecule has 1 aromatic heterocycles. The van der Waals surface area contributed by atoms with Crippen LogP contribution in [-0.2, 0) is 0 Å². The van der Waals surface area contributed by atoms with Crippen molar-refractivity contribution in [1.82, 2.24) is 9.55 Å². The minimum atomic E-state index is 0.521. The summed E-state index contributed by atoms with van der Waals surface area (Å²) < 4.78 is 2.97. The lowest BCUT2D eigenvalue weighted by Gasteiger charge is -2.10. The number of nitrogens with zero attached hydrogens (tertiary/aromatic N) is 1. The van der Waals surface area contributed by atoms with Crippen LogP contribution in [0.5, 0.6) is 0 Å². The summed E-state index contributed by atoms with van der Waals surface area (Å²) in [6.07, 6.45) is 4.47. The zero-order valence-electron chi connectivity index (χ0n) is 7.92. The highest BCUT2D eigenvalue weighted by Crippen LogP contribution is 2.13. The minimum absolute atomic E-state index is 0.521. The van der Waals surface area contributed by atoms with Crippen molar-refractivity contribution >= 4 is 12.2 Å². The van der Waals surface area contributed by atoms with Crippen molar-refractivity contribution in [3.8, 4) is 0 Å². The number of nitrogens with one attached hydrogen (secondary N) is 1. The number of hydrogen-bond donors (Lipinski definition) is 1. The highest BCUT2D eigenvalue weighted by molar-refractivity contribution is 7.71. The van der Waals surface area contributed by atoms with E-state index in [0.717, 1.165) is 10.5 Å². The number of rotatable bonds is 3. The van der Waals surface area contributed by atoms with Crippen LogP contribution in [0.25, 0.3) is 0 Å². The summed E-state index contributed by atoms with van der Waals surface area (Å²) in [4.78, 5) is 3.12. The van der Waals surface area contributed by atoms with Gasteiger partial charge >= 0.3 is 0 Å². The number of hydrogen-bond acceptors (Lipinski definition) is 1. The van der Waals surface area contributed by atoms with E-state index in [1.165, 1.54) is 12.8 Å². The van der Waals surface area contributed by atoms with E-state index in [4.69, 9.17) is 12.2 Å². The lowest BCUT2D eigenvalue weighted by atomic mass is 10.2. The molecule has 0 aliphatic rings. The highest BCUT2D eigenvalue weighted by atomic mass is 32.1. The van der Waals surface area contributed by atoms with E-state index in [9.17, 15) is 0 Å². The van der Waals surface area contributed by atoms with Gasteiger partial charge in [-0.25, -0.2) is 0 Å². The molecule has 0 saturated carbocycles. The van der Waals surface area contributed by atoms with E-state index in [2.05, 4.69) is 29.6 Å². The summed E-state index contributed by atoms with van der Waals surface area (Å²) in [5.41, 5.74) is 1.14. The molecule has 68 valence electrons. The Kier molecular flexibility index (Phi) is 3.09. The van der Waals surface area contributed by atoms with E-state index in [1.807, 2.05) is 6.92 Å². The van der Waals surface area contributed by atoms with Crippen molar-refractivity contribution in [2.45, 2.75) is 39.7 Å². The fourth-order valence-corrected chi connectivity index (χ4v) is 1.81. The first-order chi connectivity index (χ1) is 5.65. The van der Waals surface area contributed by atoms with Gasteiger partial charge in [0.1, 0.15) is 0 Å². The number of imidazole rings is 1. The summed E-state index contributed by atoms with van der Waals surface area (Å²) in [5, 5.41) is 0. The molecule has 0 saturated heterocycles. The van der Waals surface area contributed by atoms with Crippen LogP contribution in [0.1, 0.15) is 38.4 Å². The van der Waals surface area contributed by atoms with Gasteiger partial charge in [-0.15, -0.1) is 0 Å². The normalized spacial score (nSPS) is 13.2. The van der Waals surface area contributed by atoms with Crippen molar-refractivity contribution in [3.63, 3.8) is 0 Å². The lowest BCUT2D eigenvalue weighted by Crippen LogP contribution is -2.02. The fraction of sp³-hybridized carbons (Fsp3) is 0.667. The van der Waals surface area contributed by atoms with Gasteiger partial charge in [-0.1, -0.05) is 13.3 Å². The first kappa shape index (κ1) is 9.52. The maximum atomic E-state index is 5.17. The van der Waals surface area contributed by atoms with E-state index >= 15 is 0 Å². The molecular weight excluding hydrogens is 168 g/mol. The summed E-state index contributed by atoms with van der Waals surface area (Å²) >= 11 is 5.17. The Bertz CT molecular complexity index is 298. The topological polar surface area (TPSA) is 20.7 Å². The predicted molar refractivity (Wildman–Crippen MR) is 54.0 cm³/mol. The SMILES string of the molecule is CCCC(C)n1cc(C)[nH]c1=S. The Balaban J connectivity index is 2.86. The molecule has 1 atom stereocenters. The van der Waals surface area contributed by atoms with E-state index in [-0.39, 0.29) is 0 Å². The Labute approximate surface area is 78.6 Å². The van der Waals surface area contributed by atoms with Crippen LogP contribution in [0, 0.1) is 11.7 Å². The second-order valence-electron chi connectivity index (χ2n) is 3.29. The van der Waals surface area contributed by atoms with Gasteiger partial charge < -0.3 is 9.55 Å². The molecule has 0 aromatic carbocycles. The van der Waals surface area contributed by atoms with Crippen LogP contribution >= 0.6 is 12.2 Å². The van der Waals surface area contributed by atoms with Crippen LogP contribution in [0.2, 0.25) is 0 Å². The molecule has 12 heavy (non-hydrogen) atoms. The molecule has 0 spiro atoms. The lowest BCUT2D eigenvalue weighted by molar-refractivity contribution is 0.495. The molecule has 1 N–H and O–H groups in total. The van der Waals surface area contributed by atoms with E-state index in [0.29, 0.717) is 6.04 Å². The molecular formula is C9H16N2S. The van der Waals surface area contributed by atoms with Crippen LogP contribution < -0.4 is 0 Å². The smallest absolute Gasteiger partial charge is 0.177 e. The first-order valence-corrected chi connectivity index (χ1v) is 4.83. The molecule has 0 fully saturated rings. The van der Waals surface area contributed by atoms with Gasteiger partial charge in [0, 0.05) is 17.9 Å². The molecule has 0 aliphatic heterocycles. The largest absolute Gasteiger partial charge is 0.335 e. The van der Waals surface area contributed by atoms with Crippen LogP contribution in [0.3, 0.4) is 0 Å². The second kappa shape index (κ2) is 3.90. The molecule has 2 nitrogen and oxygen atoms in total. The number of aromatic nitrogens is 2. The van der Waals surface area contributed by atoms with Gasteiger partial charge in [0.2, 0.25) is 0 Å². The standard InChI is InChI=1S/C9H16N2S/c1-4-5-8(3)11-6-7(2)10-9(11)12/h6,8H,4-5H2,1-3H3,(H,10,12). The summed E-state index contributed by atoms with van der Waals surface area (Å²) in [5.74, 6) is 0. The second-order valence-corrected chi connectivity index (χ2v) is 3.67. The van der Waals surface area contributed by atoms with Crippen LogP contribution in [0.15, 0.2) is 6.20 Å². The molecule has 0 radical (unpaired) electrons. The fourth-order valence-electron chi connectivity index (χ4n) is 1.42. The van der Waals surface area contributed by atoms with Gasteiger partial charge in [0.25, 0.3) is 0 Å². The number of aromatic amines is 1. The molecule has 0 aliphatic carbocycles. The number of H-pyrrole nitrogens is 1. The Morgan fingerprint density at radius 1 is 1.67 bits per heavy atom. The van der Waals surface area contributed by atoms with Crippen molar-refractivity contribution in [2.75, 3.05) is 0 Å². The van der Waals surface area contributed by atoms with Gasteiger partial charge in [-0.05, 0) is 32.5 Å². The molecule has 1 heterocycles. The van der Waals surface area contributed by atoms with E-state index < -0.39 is 0 Å². The quantitative estimate of drug-likeness (QED) is 0.715. The third-order valence-electron chi connectivity index (χ3n) is 2.05. The van der Waals surface area contributed by atoms with Crippen molar-refractivity contribution in [1.29, 1.82) is 0 Å². The molecule has 1 aromatic rings. The zero-order valence-corrected chi connectivity index (χ0v) is 8.74. The average molecular weight is 184 g/mol. The summed E-state index contributed by atoms with van der Waals surface area (Å²) in [6.45, 7) is 6.43. The van der Waals surface area contributed by atoms with Crippen molar-refractivity contribution in [3.05, 3.63) is 16.7 Å².